The minimum absolute atomic E-state index is 0.117. The average molecular weight is 429 g/mol. The lowest BCUT2D eigenvalue weighted by Gasteiger charge is -2.29. The minimum atomic E-state index is -0.590. The van der Waals surface area contributed by atoms with Crippen LogP contribution in [0.15, 0.2) is 48.5 Å². The van der Waals surface area contributed by atoms with E-state index in [0.717, 1.165) is 36.8 Å². The summed E-state index contributed by atoms with van der Waals surface area (Å²) in [7, 11) is 0. The number of hydrogen-bond acceptors (Lipinski definition) is 3. The van der Waals surface area contributed by atoms with E-state index in [0.29, 0.717) is 17.3 Å². The highest BCUT2D eigenvalue weighted by Crippen LogP contribution is 2.19. The van der Waals surface area contributed by atoms with Crippen molar-refractivity contribution in [2.24, 2.45) is 0 Å². The third-order valence-electron chi connectivity index (χ3n) is 5.52. The smallest absolute Gasteiger partial charge is 0.261 e. The van der Waals surface area contributed by atoms with Gasteiger partial charge in [-0.3, -0.25) is 9.59 Å². The van der Waals surface area contributed by atoms with Gasteiger partial charge in [0.15, 0.2) is 6.61 Å². The Labute approximate surface area is 183 Å². The molecule has 1 N–H and O–H groups in total. The molecule has 0 aliphatic heterocycles. The molecule has 0 bridgehead atoms. The molecule has 2 aromatic rings. The van der Waals surface area contributed by atoms with E-state index in [1.807, 2.05) is 31.2 Å². The lowest BCUT2D eigenvalue weighted by atomic mass is 10.1. The first-order valence-corrected chi connectivity index (χ1v) is 10.8. The van der Waals surface area contributed by atoms with Crippen LogP contribution in [0.4, 0.5) is 0 Å². The number of halogens is 1. The zero-order chi connectivity index (χ0) is 21.5. The predicted molar refractivity (Wildman–Crippen MR) is 119 cm³/mol. The monoisotopic (exact) mass is 428 g/mol. The second kappa shape index (κ2) is 10.5. The van der Waals surface area contributed by atoms with E-state index in [9.17, 15) is 9.59 Å². The number of hydrogen-bond donors (Lipinski definition) is 1. The molecule has 0 radical (unpaired) electrons. The predicted octanol–water partition coefficient (Wildman–Crippen LogP) is 4.50. The molecule has 0 aromatic heterocycles. The van der Waals surface area contributed by atoms with Crippen LogP contribution in [0.3, 0.4) is 0 Å². The number of carbonyl (C=O) groups excluding carboxylic acids is 2. The van der Waals surface area contributed by atoms with Crippen LogP contribution in [0.2, 0.25) is 5.02 Å². The van der Waals surface area contributed by atoms with Gasteiger partial charge in [0.2, 0.25) is 5.91 Å². The van der Waals surface area contributed by atoms with Crippen molar-refractivity contribution in [3.05, 3.63) is 64.7 Å². The molecule has 3 rings (SSSR count). The number of nitrogens with one attached hydrogen (secondary N) is 1. The number of ether oxygens (including phenoxy) is 1. The van der Waals surface area contributed by atoms with E-state index in [4.69, 9.17) is 16.3 Å². The van der Waals surface area contributed by atoms with Crippen LogP contribution in [0.5, 0.6) is 5.75 Å². The van der Waals surface area contributed by atoms with Gasteiger partial charge in [-0.15, -0.1) is 0 Å². The molecule has 0 spiro atoms. The van der Waals surface area contributed by atoms with Crippen LogP contribution >= 0.6 is 11.6 Å². The minimum Gasteiger partial charge on any atom is -0.484 e. The molecule has 1 saturated carbocycles. The normalized spacial score (nSPS) is 14.9. The standard InChI is InChI=1S/C24H29ClN2O3/c1-17-7-9-19(10-8-17)15-27(18(2)24(29)26-21-5-3-4-6-21)23(28)16-30-22-13-11-20(25)12-14-22/h7-14,18,21H,3-6,15-16H2,1-2H3,(H,26,29)/t18-/m1/s1. The quantitative estimate of drug-likeness (QED) is 0.673. The number of benzene rings is 2. The summed E-state index contributed by atoms with van der Waals surface area (Å²) in [5.41, 5.74) is 2.12. The summed E-state index contributed by atoms with van der Waals surface area (Å²) in [4.78, 5) is 27.5. The van der Waals surface area contributed by atoms with Crippen LogP contribution in [0.1, 0.15) is 43.7 Å². The molecule has 0 heterocycles. The molecule has 160 valence electrons. The zero-order valence-corrected chi connectivity index (χ0v) is 18.3. The number of aryl methyl sites for hydroxylation is 1. The second-order valence-electron chi connectivity index (χ2n) is 7.92. The fraction of sp³-hybridized carbons (Fsp3) is 0.417. The number of amides is 2. The topological polar surface area (TPSA) is 58.6 Å². The van der Waals surface area contributed by atoms with Gasteiger partial charge in [0.1, 0.15) is 11.8 Å². The molecular weight excluding hydrogens is 400 g/mol. The summed E-state index contributed by atoms with van der Waals surface area (Å²) in [6.07, 6.45) is 4.29. The third-order valence-corrected chi connectivity index (χ3v) is 5.77. The summed E-state index contributed by atoms with van der Waals surface area (Å²) in [6, 6.07) is 14.5. The lowest BCUT2D eigenvalue weighted by Crippen LogP contribution is -2.50. The van der Waals surface area contributed by atoms with Gasteiger partial charge < -0.3 is 15.0 Å². The van der Waals surface area contributed by atoms with E-state index >= 15 is 0 Å². The van der Waals surface area contributed by atoms with E-state index in [2.05, 4.69) is 5.32 Å². The summed E-state index contributed by atoms with van der Waals surface area (Å²) in [5, 5.41) is 3.70. The molecule has 2 amide bonds. The van der Waals surface area contributed by atoms with Gasteiger partial charge in [0.25, 0.3) is 5.91 Å². The van der Waals surface area contributed by atoms with Gasteiger partial charge in [0.05, 0.1) is 0 Å². The highest BCUT2D eigenvalue weighted by Gasteiger charge is 2.28. The Morgan fingerprint density at radius 3 is 2.37 bits per heavy atom. The van der Waals surface area contributed by atoms with Crippen molar-refractivity contribution in [1.29, 1.82) is 0 Å². The molecule has 0 saturated heterocycles. The van der Waals surface area contributed by atoms with Crippen LogP contribution in [0, 0.1) is 6.92 Å². The van der Waals surface area contributed by atoms with E-state index in [-0.39, 0.29) is 24.5 Å². The third kappa shape index (κ3) is 6.23. The maximum absolute atomic E-state index is 13.0. The van der Waals surface area contributed by atoms with Crippen LogP contribution < -0.4 is 10.1 Å². The summed E-state index contributed by atoms with van der Waals surface area (Å²) in [5.74, 6) is 0.208. The van der Waals surface area contributed by atoms with Crippen molar-refractivity contribution in [2.45, 2.75) is 58.2 Å². The van der Waals surface area contributed by atoms with Crippen LogP contribution in [-0.4, -0.2) is 35.4 Å². The highest BCUT2D eigenvalue weighted by atomic mass is 35.5. The summed E-state index contributed by atoms with van der Waals surface area (Å²) >= 11 is 5.90. The van der Waals surface area contributed by atoms with Crippen LogP contribution in [-0.2, 0) is 16.1 Å². The number of rotatable bonds is 8. The second-order valence-corrected chi connectivity index (χ2v) is 8.35. The fourth-order valence-corrected chi connectivity index (χ4v) is 3.75. The van der Waals surface area contributed by atoms with Crippen molar-refractivity contribution >= 4 is 23.4 Å². The Bertz CT molecular complexity index is 846. The van der Waals surface area contributed by atoms with E-state index in [1.165, 1.54) is 0 Å². The maximum atomic E-state index is 13.0. The van der Waals surface area contributed by atoms with Gasteiger partial charge in [-0.25, -0.2) is 0 Å². The van der Waals surface area contributed by atoms with Crippen molar-refractivity contribution < 1.29 is 14.3 Å². The summed E-state index contributed by atoms with van der Waals surface area (Å²) in [6.45, 7) is 4.00. The summed E-state index contributed by atoms with van der Waals surface area (Å²) < 4.78 is 5.64. The van der Waals surface area contributed by atoms with Gasteiger partial charge >= 0.3 is 0 Å². The first-order chi connectivity index (χ1) is 14.4. The molecule has 1 aliphatic rings. The van der Waals surface area contributed by atoms with Crippen LogP contribution in [0.25, 0.3) is 0 Å². The van der Waals surface area contributed by atoms with Crippen molar-refractivity contribution in [3.8, 4) is 5.75 Å². The highest BCUT2D eigenvalue weighted by molar-refractivity contribution is 6.30. The molecule has 5 nitrogen and oxygen atoms in total. The van der Waals surface area contributed by atoms with Gasteiger partial charge in [0, 0.05) is 17.6 Å². The first kappa shape index (κ1) is 22.2. The Morgan fingerprint density at radius 1 is 1.10 bits per heavy atom. The maximum Gasteiger partial charge on any atom is 0.261 e. The van der Waals surface area contributed by atoms with Gasteiger partial charge in [-0.2, -0.15) is 0 Å². The number of nitrogens with zero attached hydrogens (tertiary/aromatic N) is 1. The average Bonchev–Trinajstić information content (AvgIpc) is 3.25. The van der Waals surface area contributed by atoms with Gasteiger partial charge in [-0.05, 0) is 56.5 Å². The molecule has 1 fully saturated rings. The Morgan fingerprint density at radius 2 is 1.73 bits per heavy atom. The van der Waals surface area contributed by atoms with Crippen molar-refractivity contribution in [2.75, 3.05) is 6.61 Å². The SMILES string of the molecule is Cc1ccc(CN(C(=O)COc2ccc(Cl)cc2)[C@H](C)C(=O)NC2CCCC2)cc1. The zero-order valence-electron chi connectivity index (χ0n) is 17.6. The molecule has 1 aliphatic carbocycles. The van der Waals surface area contributed by atoms with E-state index < -0.39 is 6.04 Å². The molecule has 1 atom stereocenters. The molecule has 2 aromatic carbocycles. The Kier molecular flexibility index (Phi) is 7.75. The Hall–Kier alpha value is -2.53. The van der Waals surface area contributed by atoms with Crippen molar-refractivity contribution in [3.63, 3.8) is 0 Å². The molecule has 6 heteroatoms. The fourth-order valence-electron chi connectivity index (χ4n) is 3.62. The lowest BCUT2D eigenvalue weighted by molar-refractivity contribution is -0.142. The molecule has 0 unspecified atom stereocenters. The largest absolute Gasteiger partial charge is 0.484 e. The van der Waals surface area contributed by atoms with Crippen molar-refractivity contribution in [1.82, 2.24) is 10.2 Å². The number of carbonyl (C=O) groups is 2. The first-order valence-electron chi connectivity index (χ1n) is 10.5. The van der Waals surface area contributed by atoms with Gasteiger partial charge in [-0.1, -0.05) is 54.3 Å². The molecular formula is C24H29ClN2O3. The molecule has 30 heavy (non-hydrogen) atoms. The Balaban J connectivity index is 1.69. The van der Waals surface area contributed by atoms with E-state index in [1.54, 1.807) is 36.1 Å².